The zero-order valence-electron chi connectivity index (χ0n) is 11.9. The molecule has 2 aromatic rings. The Kier molecular flexibility index (Phi) is 3.44. The molecule has 0 aliphatic carbocycles. The van der Waals surface area contributed by atoms with Gasteiger partial charge in [0.25, 0.3) is 11.8 Å². The third-order valence-corrected chi connectivity index (χ3v) is 3.65. The highest BCUT2D eigenvalue weighted by Crippen LogP contribution is 2.39. The summed E-state index contributed by atoms with van der Waals surface area (Å²) in [6.07, 6.45) is 0. The van der Waals surface area contributed by atoms with Crippen LogP contribution in [-0.2, 0) is 4.79 Å². The second-order valence-corrected chi connectivity index (χ2v) is 6.08. The maximum absolute atomic E-state index is 12.1. The maximum Gasteiger partial charge on any atom is 0.291 e. The molecule has 2 amide bonds. The molecular weight excluding hydrogens is 352 g/mol. The SMILES string of the molecule is CC1(C)Oc2cccc(NC(=O)c3ccc(Br)o3)c2NC1=O. The van der Waals surface area contributed by atoms with E-state index >= 15 is 0 Å². The molecule has 0 bridgehead atoms. The van der Waals surface area contributed by atoms with Gasteiger partial charge in [-0.05, 0) is 54.0 Å². The number of fused-ring (bicyclic) bond motifs is 1. The smallest absolute Gasteiger partial charge is 0.291 e. The summed E-state index contributed by atoms with van der Waals surface area (Å²) in [6, 6.07) is 8.32. The third kappa shape index (κ3) is 2.59. The number of carbonyl (C=O) groups excluding carboxylic acids is 2. The average molecular weight is 365 g/mol. The molecule has 2 heterocycles. The zero-order valence-corrected chi connectivity index (χ0v) is 13.5. The Labute approximate surface area is 135 Å². The highest BCUT2D eigenvalue weighted by atomic mass is 79.9. The summed E-state index contributed by atoms with van der Waals surface area (Å²) in [5.74, 6) is -0.0310. The van der Waals surface area contributed by atoms with E-state index in [9.17, 15) is 9.59 Å². The van der Waals surface area contributed by atoms with Gasteiger partial charge >= 0.3 is 0 Å². The molecule has 1 aliphatic rings. The van der Waals surface area contributed by atoms with Crippen molar-refractivity contribution in [2.24, 2.45) is 0 Å². The van der Waals surface area contributed by atoms with E-state index in [4.69, 9.17) is 9.15 Å². The van der Waals surface area contributed by atoms with Gasteiger partial charge in [-0.1, -0.05) is 6.07 Å². The van der Waals surface area contributed by atoms with Crippen molar-refractivity contribution in [2.75, 3.05) is 10.6 Å². The van der Waals surface area contributed by atoms with Crippen molar-refractivity contribution in [3.05, 3.63) is 40.8 Å². The van der Waals surface area contributed by atoms with Crippen LogP contribution in [0.15, 0.2) is 39.4 Å². The molecule has 0 atom stereocenters. The van der Waals surface area contributed by atoms with Crippen LogP contribution in [0.4, 0.5) is 11.4 Å². The number of nitrogens with one attached hydrogen (secondary N) is 2. The lowest BCUT2D eigenvalue weighted by Crippen LogP contribution is -2.45. The molecule has 0 spiro atoms. The van der Waals surface area contributed by atoms with Crippen LogP contribution in [0.3, 0.4) is 0 Å². The molecule has 1 aromatic carbocycles. The molecule has 0 unspecified atom stereocenters. The quantitative estimate of drug-likeness (QED) is 0.855. The highest BCUT2D eigenvalue weighted by Gasteiger charge is 2.36. The first kappa shape index (κ1) is 14.6. The minimum atomic E-state index is -0.957. The van der Waals surface area contributed by atoms with Crippen LogP contribution >= 0.6 is 15.9 Å². The lowest BCUT2D eigenvalue weighted by atomic mass is 10.1. The molecule has 0 saturated carbocycles. The van der Waals surface area contributed by atoms with Crippen LogP contribution in [0.2, 0.25) is 0 Å². The minimum Gasteiger partial charge on any atom is -0.476 e. The molecular formula is C15H13BrN2O4. The van der Waals surface area contributed by atoms with Crippen molar-refractivity contribution in [1.82, 2.24) is 0 Å². The van der Waals surface area contributed by atoms with Gasteiger partial charge in [0.05, 0.1) is 5.69 Å². The van der Waals surface area contributed by atoms with E-state index < -0.39 is 11.5 Å². The molecule has 7 heteroatoms. The van der Waals surface area contributed by atoms with Crippen molar-refractivity contribution < 1.29 is 18.7 Å². The van der Waals surface area contributed by atoms with Gasteiger partial charge in [-0.25, -0.2) is 0 Å². The van der Waals surface area contributed by atoms with E-state index in [-0.39, 0.29) is 11.7 Å². The summed E-state index contributed by atoms with van der Waals surface area (Å²) in [4.78, 5) is 24.2. The number of benzene rings is 1. The number of amides is 2. The summed E-state index contributed by atoms with van der Waals surface area (Å²) in [5, 5.41) is 5.46. The first-order chi connectivity index (χ1) is 10.4. The van der Waals surface area contributed by atoms with Crippen molar-refractivity contribution in [3.8, 4) is 5.75 Å². The molecule has 114 valence electrons. The predicted molar refractivity (Wildman–Crippen MR) is 84.1 cm³/mol. The summed E-state index contributed by atoms with van der Waals surface area (Å²) in [7, 11) is 0. The molecule has 0 radical (unpaired) electrons. The van der Waals surface area contributed by atoms with Gasteiger partial charge in [0.1, 0.15) is 11.4 Å². The summed E-state index contributed by atoms with van der Waals surface area (Å²) >= 11 is 3.14. The minimum absolute atomic E-state index is 0.160. The van der Waals surface area contributed by atoms with Crippen molar-refractivity contribution in [3.63, 3.8) is 0 Å². The van der Waals surface area contributed by atoms with Gasteiger partial charge in [0, 0.05) is 0 Å². The van der Waals surface area contributed by atoms with Crippen LogP contribution in [0.5, 0.6) is 5.75 Å². The number of anilines is 2. The average Bonchev–Trinajstić information content (AvgIpc) is 2.87. The molecule has 1 aliphatic heterocycles. The number of rotatable bonds is 2. The number of carbonyl (C=O) groups is 2. The van der Waals surface area contributed by atoms with Crippen LogP contribution in [0.1, 0.15) is 24.4 Å². The normalized spacial score (nSPS) is 15.5. The Morgan fingerprint density at radius 3 is 2.73 bits per heavy atom. The molecule has 0 fully saturated rings. The van der Waals surface area contributed by atoms with Crippen LogP contribution < -0.4 is 15.4 Å². The predicted octanol–water partition coefficient (Wildman–Crippen LogP) is 3.40. The van der Waals surface area contributed by atoms with E-state index in [0.29, 0.717) is 21.8 Å². The van der Waals surface area contributed by atoms with Crippen LogP contribution in [0, 0.1) is 0 Å². The summed E-state index contributed by atoms with van der Waals surface area (Å²) in [5.41, 5.74) is -0.0775. The molecule has 3 rings (SSSR count). The molecule has 22 heavy (non-hydrogen) atoms. The Morgan fingerprint density at radius 1 is 1.27 bits per heavy atom. The fraction of sp³-hybridized carbons (Fsp3) is 0.200. The second-order valence-electron chi connectivity index (χ2n) is 5.30. The van der Waals surface area contributed by atoms with E-state index in [0.717, 1.165) is 0 Å². The topological polar surface area (TPSA) is 80.6 Å². The largest absolute Gasteiger partial charge is 0.476 e. The number of hydrogen-bond acceptors (Lipinski definition) is 4. The van der Waals surface area contributed by atoms with E-state index in [1.165, 1.54) is 0 Å². The highest BCUT2D eigenvalue weighted by molar-refractivity contribution is 9.10. The van der Waals surface area contributed by atoms with Crippen molar-refractivity contribution in [1.29, 1.82) is 0 Å². The first-order valence-electron chi connectivity index (χ1n) is 6.57. The fourth-order valence-corrected chi connectivity index (χ4v) is 2.36. The first-order valence-corrected chi connectivity index (χ1v) is 7.36. The van der Waals surface area contributed by atoms with E-state index in [1.54, 1.807) is 44.2 Å². The number of ether oxygens (including phenoxy) is 1. The third-order valence-electron chi connectivity index (χ3n) is 3.22. The van der Waals surface area contributed by atoms with Gasteiger partial charge in [0.2, 0.25) is 0 Å². The van der Waals surface area contributed by atoms with E-state index in [1.807, 2.05) is 0 Å². The van der Waals surface area contributed by atoms with Gasteiger partial charge in [-0.15, -0.1) is 0 Å². The summed E-state index contributed by atoms with van der Waals surface area (Å²) < 4.78 is 11.3. The maximum atomic E-state index is 12.1. The number of hydrogen-bond donors (Lipinski definition) is 2. The second kappa shape index (κ2) is 5.17. The molecule has 0 saturated heterocycles. The molecule has 6 nitrogen and oxygen atoms in total. The molecule has 1 aromatic heterocycles. The lowest BCUT2D eigenvalue weighted by molar-refractivity contribution is -0.129. The van der Waals surface area contributed by atoms with Gasteiger partial charge in [0.15, 0.2) is 16.0 Å². The fourth-order valence-electron chi connectivity index (χ4n) is 2.05. The van der Waals surface area contributed by atoms with Crippen molar-refractivity contribution >= 4 is 39.1 Å². The monoisotopic (exact) mass is 364 g/mol. The molecule has 2 N–H and O–H groups in total. The van der Waals surface area contributed by atoms with Crippen LogP contribution in [-0.4, -0.2) is 17.4 Å². The van der Waals surface area contributed by atoms with E-state index in [2.05, 4.69) is 26.6 Å². The summed E-state index contributed by atoms with van der Waals surface area (Å²) in [6.45, 7) is 3.35. The Balaban J connectivity index is 1.90. The lowest BCUT2D eigenvalue weighted by Gasteiger charge is -2.32. The Bertz CT molecular complexity index is 767. The van der Waals surface area contributed by atoms with Gasteiger partial charge < -0.3 is 19.8 Å². The number of furan rings is 1. The zero-order chi connectivity index (χ0) is 15.9. The standard InChI is InChI=1S/C15H13BrN2O4/c1-15(2)14(20)18-12-8(4-3-5-9(12)22-15)17-13(19)10-6-7-11(16)21-10/h3-7H,1-2H3,(H,17,19)(H,18,20). The van der Waals surface area contributed by atoms with Gasteiger partial charge in [-0.2, -0.15) is 0 Å². The Morgan fingerprint density at radius 2 is 2.05 bits per heavy atom. The number of halogens is 1. The van der Waals surface area contributed by atoms with Gasteiger partial charge in [-0.3, -0.25) is 9.59 Å². The Hall–Kier alpha value is -2.28. The number of para-hydroxylation sites is 1. The van der Waals surface area contributed by atoms with Crippen molar-refractivity contribution in [2.45, 2.75) is 19.4 Å². The van der Waals surface area contributed by atoms with Crippen LogP contribution in [0.25, 0.3) is 0 Å².